The Morgan fingerprint density at radius 1 is 1.27 bits per heavy atom. The van der Waals surface area contributed by atoms with Gasteiger partial charge in [0.25, 0.3) is 0 Å². The molecule has 2 aliphatic rings. The lowest BCUT2D eigenvalue weighted by Gasteiger charge is -2.29. The summed E-state index contributed by atoms with van der Waals surface area (Å²) in [6.07, 6.45) is 6.26. The van der Waals surface area contributed by atoms with Gasteiger partial charge in [0.15, 0.2) is 0 Å². The average Bonchev–Trinajstić information content (AvgIpc) is 2.14. The summed E-state index contributed by atoms with van der Waals surface area (Å²) in [4.78, 5) is 11.6. The maximum atomic E-state index is 11.6. The number of carbonyl (C=O) groups is 1. The molecule has 0 aromatic rings. The van der Waals surface area contributed by atoms with E-state index in [1.807, 2.05) is 0 Å². The third-order valence-corrected chi connectivity index (χ3v) is 3.84. The molecule has 2 N–H and O–H groups in total. The molecule has 15 heavy (non-hydrogen) atoms. The van der Waals surface area contributed by atoms with Crippen LogP contribution in [0.3, 0.4) is 0 Å². The van der Waals surface area contributed by atoms with E-state index in [0.717, 1.165) is 31.3 Å². The Labute approximate surface area is 92.0 Å². The summed E-state index contributed by atoms with van der Waals surface area (Å²) in [5.74, 6) is 1.83. The second-order valence-electron chi connectivity index (χ2n) is 5.17. The standard InChI is InChI=1S/C12H22N2O/c1-9-2-4-10(5-3-9)8-14-12(15)11-6-7-13-11/h9-11,13H,2-8H2,1H3,(H,14,15)/t9?,10?,11-/m1/s1. The maximum absolute atomic E-state index is 11.6. The summed E-state index contributed by atoms with van der Waals surface area (Å²) in [5, 5.41) is 6.20. The van der Waals surface area contributed by atoms with Crippen LogP contribution in [0.5, 0.6) is 0 Å². The molecule has 1 aliphatic carbocycles. The molecule has 0 aromatic heterocycles. The molecule has 2 fully saturated rings. The lowest BCUT2D eigenvalue weighted by atomic mass is 9.83. The van der Waals surface area contributed by atoms with Crippen molar-refractivity contribution < 1.29 is 4.79 Å². The first-order valence-corrected chi connectivity index (χ1v) is 6.27. The Morgan fingerprint density at radius 2 is 1.93 bits per heavy atom. The summed E-state index contributed by atoms with van der Waals surface area (Å²) < 4.78 is 0. The third-order valence-electron chi connectivity index (χ3n) is 3.84. The highest BCUT2D eigenvalue weighted by molar-refractivity contribution is 5.82. The molecular formula is C12H22N2O. The lowest BCUT2D eigenvalue weighted by molar-refractivity contribution is -0.124. The van der Waals surface area contributed by atoms with Crippen LogP contribution in [0.2, 0.25) is 0 Å². The van der Waals surface area contributed by atoms with Crippen molar-refractivity contribution in [3.63, 3.8) is 0 Å². The molecule has 0 spiro atoms. The highest BCUT2D eigenvalue weighted by atomic mass is 16.2. The van der Waals surface area contributed by atoms with Crippen molar-refractivity contribution in [3.8, 4) is 0 Å². The molecule has 1 heterocycles. The van der Waals surface area contributed by atoms with Crippen molar-refractivity contribution in [2.45, 2.75) is 45.1 Å². The first-order chi connectivity index (χ1) is 7.25. The smallest absolute Gasteiger partial charge is 0.237 e. The zero-order valence-corrected chi connectivity index (χ0v) is 9.59. The Kier molecular flexibility index (Phi) is 3.62. The summed E-state index contributed by atoms with van der Waals surface area (Å²) in [6, 6.07) is 0.104. The van der Waals surface area contributed by atoms with E-state index in [-0.39, 0.29) is 11.9 Å². The SMILES string of the molecule is CC1CCC(CNC(=O)[C@H]2CCN2)CC1. The van der Waals surface area contributed by atoms with Crippen LogP contribution >= 0.6 is 0 Å². The summed E-state index contributed by atoms with van der Waals surface area (Å²) in [7, 11) is 0. The van der Waals surface area contributed by atoms with Crippen molar-refractivity contribution in [1.29, 1.82) is 0 Å². The Morgan fingerprint density at radius 3 is 2.47 bits per heavy atom. The van der Waals surface area contributed by atoms with Crippen LogP contribution in [-0.4, -0.2) is 25.0 Å². The molecule has 86 valence electrons. The van der Waals surface area contributed by atoms with Crippen molar-refractivity contribution >= 4 is 5.91 Å². The van der Waals surface area contributed by atoms with Gasteiger partial charge in [-0.25, -0.2) is 0 Å². The minimum atomic E-state index is 0.104. The number of nitrogens with one attached hydrogen (secondary N) is 2. The fourth-order valence-electron chi connectivity index (χ4n) is 2.41. The number of carbonyl (C=O) groups excluding carboxylic acids is 1. The van der Waals surface area contributed by atoms with E-state index >= 15 is 0 Å². The van der Waals surface area contributed by atoms with Crippen LogP contribution in [0.4, 0.5) is 0 Å². The van der Waals surface area contributed by atoms with Crippen LogP contribution < -0.4 is 10.6 Å². The van der Waals surface area contributed by atoms with Crippen molar-refractivity contribution in [3.05, 3.63) is 0 Å². The summed E-state index contributed by atoms with van der Waals surface area (Å²) in [5.41, 5.74) is 0. The first-order valence-electron chi connectivity index (χ1n) is 6.27. The molecule has 3 nitrogen and oxygen atoms in total. The Bertz CT molecular complexity index is 218. The van der Waals surface area contributed by atoms with Crippen LogP contribution in [0, 0.1) is 11.8 Å². The highest BCUT2D eigenvalue weighted by Gasteiger charge is 2.25. The van der Waals surface area contributed by atoms with Gasteiger partial charge in [-0.15, -0.1) is 0 Å². The van der Waals surface area contributed by atoms with Gasteiger partial charge < -0.3 is 10.6 Å². The quantitative estimate of drug-likeness (QED) is 0.737. The molecule has 1 saturated heterocycles. The number of rotatable bonds is 3. The lowest BCUT2D eigenvalue weighted by Crippen LogP contribution is -2.53. The second-order valence-corrected chi connectivity index (χ2v) is 5.17. The minimum absolute atomic E-state index is 0.104. The highest BCUT2D eigenvalue weighted by Crippen LogP contribution is 2.27. The molecule has 0 radical (unpaired) electrons. The van der Waals surface area contributed by atoms with Crippen LogP contribution in [0.25, 0.3) is 0 Å². The van der Waals surface area contributed by atoms with Gasteiger partial charge >= 0.3 is 0 Å². The van der Waals surface area contributed by atoms with E-state index < -0.39 is 0 Å². The molecule has 2 rings (SSSR count). The third kappa shape index (κ3) is 2.94. The van der Waals surface area contributed by atoms with Crippen LogP contribution in [0.1, 0.15) is 39.0 Å². The van der Waals surface area contributed by atoms with E-state index in [1.54, 1.807) is 0 Å². The van der Waals surface area contributed by atoms with Gasteiger partial charge in [-0.2, -0.15) is 0 Å². The monoisotopic (exact) mass is 210 g/mol. The number of hydrogen-bond donors (Lipinski definition) is 2. The summed E-state index contributed by atoms with van der Waals surface area (Å²) >= 11 is 0. The zero-order valence-electron chi connectivity index (χ0n) is 9.59. The topological polar surface area (TPSA) is 41.1 Å². The first kappa shape index (κ1) is 10.9. The predicted octanol–water partition coefficient (Wildman–Crippen LogP) is 1.29. The van der Waals surface area contributed by atoms with Gasteiger partial charge in [0.05, 0.1) is 6.04 Å². The van der Waals surface area contributed by atoms with Gasteiger partial charge in [-0.1, -0.05) is 19.8 Å². The van der Waals surface area contributed by atoms with Crippen molar-refractivity contribution in [2.24, 2.45) is 11.8 Å². The Balaban J connectivity index is 1.62. The molecular weight excluding hydrogens is 188 g/mol. The van der Waals surface area contributed by atoms with E-state index in [2.05, 4.69) is 17.6 Å². The van der Waals surface area contributed by atoms with E-state index in [9.17, 15) is 4.79 Å². The predicted molar refractivity (Wildman–Crippen MR) is 60.5 cm³/mol. The van der Waals surface area contributed by atoms with Gasteiger partial charge in [-0.05, 0) is 37.6 Å². The molecule has 1 atom stereocenters. The van der Waals surface area contributed by atoms with E-state index in [0.29, 0.717) is 0 Å². The fourth-order valence-corrected chi connectivity index (χ4v) is 2.41. The maximum Gasteiger partial charge on any atom is 0.237 e. The zero-order chi connectivity index (χ0) is 10.7. The minimum Gasteiger partial charge on any atom is -0.354 e. The van der Waals surface area contributed by atoms with E-state index in [1.165, 1.54) is 25.7 Å². The fraction of sp³-hybridized carbons (Fsp3) is 0.917. The average molecular weight is 210 g/mol. The molecule has 3 heteroatoms. The van der Waals surface area contributed by atoms with Crippen molar-refractivity contribution in [2.75, 3.05) is 13.1 Å². The molecule has 1 saturated carbocycles. The van der Waals surface area contributed by atoms with Gasteiger partial charge in [0.2, 0.25) is 5.91 Å². The largest absolute Gasteiger partial charge is 0.354 e. The van der Waals surface area contributed by atoms with Gasteiger partial charge in [0.1, 0.15) is 0 Å². The Hall–Kier alpha value is -0.570. The molecule has 1 aliphatic heterocycles. The van der Waals surface area contributed by atoms with Crippen LogP contribution in [-0.2, 0) is 4.79 Å². The molecule has 0 bridgehead atoms. The van der Waals surface area contributed by atoms with Crippen molar-refractivity contribution in [1.82, 2.24) is 10.6 Å². The second kappa shape index (κ2) is 4.97. The number of amides is 1. The normalized spacial score (nSPS) is 35.7. The molecule has 1 amide bonds. The van der Waals surface area contributed by atoms with Gasteiger partial charge in [-0.3, -0.25) is 4.79 Å². The summed E-state index contributed by atoms with van der Waals surface area (Å²) in [6.45, 7) is 4.22. The number of hydrogen-bond acceptors (Lipinski definition) is 2. The van der Waals surface area contributed by atoms with Gasteiger partial charge in [0, 0.05) is 6.54 Å². The van der Waals surface area contributed by atoms with E-state index in [4.69, 9.17) is 0 Å². The molecule has 0 unspecified atom stereocenters. The van der Waals surface area contributed by atoms with Crippen LogP contribution in [0.15, 0.2) is 0 Å². The molecule has 0 aromatic carbocycles.